The molecule has 2 N–H and O–H groups in total. The van der Waals surface area contributed by atoms with Crippen molar-refractivity contribution < 1.29 is 9.90 Å². The Hall–Kier alpha value is -1.79. The van der Waals surface area contributed by atoms with Crippen molar-refractivity contribution in [3.8, 4) is 11.8 Å². The second kappa shape index (κ2) is 6.78. The van der Waals surface area contributed by atoms with E-state index in [1.165, 1.54) is 19.3 Å². The van der Waals surface area contributed by atoms with Crippen LogP contribution >= 0.6 is 0 Å². The summed E-state index contributed by atoms with van der Waals surface area (Å²) in [6.07, 6.45) is 4.85. The van der Waals surface area contributed by atoms with Crippen molar-refractivity contribution in [2.75, 3.05) is 13.2 Å². The van der Waals surface area contributed by atoms with Gasteiger partial charge in [-0.15, -0.1) is 0 Å². The summed E-state index contributed by atoms with van der Waals surface area (Å²) in [5, 5.41) is 11.8. The molecule has 3 nitrogen and oxygen atoms in total. The predicted molar refractivity (Wildman–Crippen MR) is 84.1 cm³/mol. The van der Waals surface area contributed by atoms with Gasteiger partial charge in [0.15, 0.2) is 0 Å². The van der Waals surface area contributed by atoms with Crippen LogP contribution in [0.3, 0.4) is 0 Å². The number of aliphatic hydroxyl groups excluding tert-OH is 1. The van der Waals surface area contributed by atoms with Crippen LogP contribution < -0.4 is 5.32 Å². The molecule has 0 spiro atoms. The number of nitrogens with one attached hydrogen (secondary N) is 1. The molecule has 0 heterocycles. The first-order chi connectivity index (χ1) is 10.1. The molecule has 112 valence electrons. The van der Waals surface area contributed by atoms with Gasteiger partial charge in [-0.25, -0.2) is 0 Å². The molecule has 1 aliphatic carbocycles. The van der Waals surface area contributed by atoms with Crippen LogP contribution in [-0.4, -0.2) is 24.2 Å². The molecular formula is C18H23NO2. The molecule has 0 aliphatic heterocycles. The fourth-order valence-electron chi connectivity index (χ4n) is 2.78. The Morgan fingerprint density at radius 2 is 2.19 bits per heavy atom. The number of benzene rings is 1. The number of aliphatic hydroxyl groups is 1. The lowest BCUT2D eigenvalue weighted by molar-refractivity contribution is 0.0850. The van der Waals surface area contributed by atoms with Crippen molar-refractivity contribution in [1.29, 1.82) is 0 Å². The van der Waals surface area contributed by atoms with E-state index >= 15 is 0 Å². The third-order valence-corrected chi connectivity index (χ3v) is 4.58. The van der Waals surface area contributed by atoms with Gasteiger partial charge in [-0.2, -0.15) is 0 Å². The largest absolute Gasteiger partial charge is 0.384 e. The van der Waals surface area contributed by atoms with Crippen molar-refractivity contribution in [2.24, 2.45) is 5.41 Å². The van der Waals surface area contributed by atoms with Gasteiger partial charge in [0.05, 0.1) is 0 Å². The van der Waals surface area contributed by atoms with Crippen LogP contribution in [0.25, 0.3) is 0 Å². The minimum atomic E-state index is -0.152. The lowest BCUT2D eigenvalue weighted by Gasteiger charge is -2.41. The Balaban J connectivity index is 2.01. The molecule has 1 aromatic carbocycles. The van der Waals surface area contributed by atoms with Gasteiger partial charge in [0.2, 0.25) is 0 Å². The molecule has 0 aromatic heterocycles. The van der Waals surface area contributed by atoms with Crippen LogP contribution in [0, 0.1) is 24.2 Å². The predicted octanol–water partition coefficient (Wildman–Crippen LogP) is 2.65. The normalized spacial score (nSPS) is 15.6. The Morgan fingerprint density at radius 1 is 1.43 bits per heavy atom. The lowest BCUT2D eigenvalue weighted by atomic mass is 9.67. The summed E-state index contributed by atoms with van der Waals surface area (Å²) in [5.41, 5.74) is 2.81. The molecule has 0 unspecified atom stereocenters. The Kier molecular flexibility index (Phi) is 5.03. The summed E-state index contributed by atoms with van der Waals surface area (Å²) in [5.74, 6) is 5.49. The van der Waals surface area contributed by atoms with E-state index in [1.54, 1.807) is 6.07 Å². The summed E-state index contributed by atoms with van der Waals surface area (Å²) in [7, 11) is 0. The fourth-order valence-corrected chi connectivity index (χ4v) is 2.78. The van der Waals surface area contributed by atoms with Crippen molar-refractivity contribution in [1.82, 2.24) is 5.32 Å². The van der Waals surface area contributed by atoms with Gasteiger partial charge < -0.3 is 10.4 Å². The van der Waals surface area contributed by atoms with Crippen LogP contribution in [0.2, 0.25) is 0 Å². The molecule has 1 amide bonds. The number of amides is 1. The summed E-state index contributed by atoms with van der Waals surface area (Å²) in [6.45, 7) is 4.75. The molecule has 21 heavy (non-hydrogen) atoms. The third-order valence-electron chi connectivity index (χ3n) is 4.58. The molecule has 0 atom stereocenters. The maximum absolute atomic E-state index is 12.2. The molecule has 1 saturated carbocycles. The van der Waals surface area contributed by atoms with E-state index < -0.39 is 0 Å². The Labute approximate surface area is 126 Å². The van der Waals surface area contributed by atoms with E-state index in [1.807, 2.05) is 19.1 Å². The monoisotopic (exact) mass is 285 g/mol. The molecule has 1 fully saturated rings. The summed E-state index contributed by atoms with van der Waals surface area (Å²) >= 11 is 0. The zero-order valence-corrected chi connectivity index (χ0v) is 12.8. The molecule has 0 bridgehead atoms. The Morgan fingerprint density at radius 3 is 2.71 bits per heavy atom. The zero-order valence-electron chi connectivity index (χ0n) is 12.8. The molecule has 1 aromatic rings. The zero-order chi connectivity index (χ0) is 15.3. The van der Waals surface area contributed by atoms with Gasteiger partial charge in [-0.1, -0.05) is 25.2 Å². The molecule has 1 aliphatic rings. The van der Waals surface area contributed by atoms with Gasteiger partial charge in [-0.05, 0) is 55.4 Å². The van der Waals surface area contributed by atoms with Gasteiger partial charge in [0.1, 0.15) is 6.61 Å². The smallest absolute Gasteiger partial charge is 0.251 e. The highest BCUT2D eigenvalue weighted by atomic mass is 16.2. The number of carbonyl (C=O) groups excluding carboxylic acids is 1. The number of aryl methyl sites for hydroxylation is 1. The van der Waals surface area contributed by atoms with Crippen LogP contribution in [0.15, 0.2) is 18.2 Å². The topological polar surface area (TPSA) is 49.3 Å². The quantitative estimate of drug-likeness (QED) is 0.836. The second-order valence-corrected chi connectivity index (χ2v) is 5.88. The van der Waals surface area contributed by atoms with E-state index in [0.29, 0.717) is 11.0 Å². The molecular weight excluding hydrogens is 262 g/mol. The standard InChI is InChI=1S/C18H23NO2/c1-3-18(9-5-10-18)13-19-17(21)16-8-7-15(6-4-11-20)14(2)12-16/h7-8,12,20H,3,5,9-11,13H2,1-2H3,(H,19,21). The van der Waals surface area contributed by atoms with Gasteiger partial charge in [0, 0.05) is 17.7 Å². The Bertz CT molecular complexity index is 571. The summed E-state index contributed by atoms with van der Waals surface area (Å²) in [6, 6.07) is 5.49. The van der Waals surface area contributed by atoms with Gasteiger partial charge >= 0.3 is 0 Å². The second-order valence-electron chi connectivity index (χ2n) is 5.88. The molecule has 2 rings (SSSR count). The highest BCUT2D eigenvalue weighted by Gasteiger charge is 2.35. The van der Waals surface area contributed by atoms with Crippen molar-refractivity contribution in [3.63, 3.8) is 0 Å². The molecule has 0 saturated heterocycles. The van der Waals surface area contributed by atoms with E-state index in [2.05, 4.69) is 24.1 Å². The van der Waals surface area contributed by atoms with Crippen LogP contribution in [0.1, 0.15) is 54.1 Å². The first-order valence-corrected chi connectivity index (χ1v) is 7.59. The van der Waals surface area contributed by atoms with E-state index in [9.17, 15) is 4.79 Å². The van der Waals surface area contributed by atoms with Crippen molar-refractivity contribution in [3.05, 3.63) is 34.9 Å². The first-order valence-electron chi connectivity index (χ1n) is 7.59. The molecule has 3 heteroatoms. The first kappa shape index (κ1) is 15.6. The van der Waals surface area contributed by atoms with E-state index in [-0.39, 0.29) is 12.5 Å². The van der Waals surface area contributed by atoms with Crippen LogP contribution in [0.4, 0.5) is 0 Å². The maximum atomic E-state index is 12.2. The molecule has 0 radical (unpaired) electrons. The minimum absolute atomic E-state index is 0.0144. The van der Waals surface area contributed by atoms with E-state index in [0.717, 1.165) is 24.1 Å². The highest BCUT2D eigenvalue weighted by Crippen LogP contribution is 2.43. The van der Waals surface area contributed by atoms with E-state index in [4.69, 9.17) is 5.11 Å². The lowest BCUT2D eigenvalue weighted by Crippen LogP contribution is -2.41. The summed E-state index contributed by atoms with van der Waals surface area (Å²) in [4.78, 5) is 12.2. The average molecular weight is 285 g/mol. The minimum Gasteiger partial charge on any atom is -0.384 e. The van der Waals surface area contributed by atoms with Crippen LogP contribution in [-0.2, 0) is 0 Å². The number of rotatable bonds is 4. The highest BCUT2D eigenvalue weighted by molar-refractivity contribution is 5.94. The maximum Gasteiger partial charge on any atom is 0.251 e. The van der Waals surface area contributed by atoms with Crippen LogP contribution in [0.5, 0.6) is 0 Å². The number of hydrogen-bond acceptors (Lipinski definition) is 2. The third kappa shape index (κ3) is 3.65. The summed E-state index contributed by atoms with van der Waals surface area (Å²) < 4.78 is 0. The number of hydrogen-bond donors (Lipinski definition) is 2. The average Bonchev–Trinajstić information content (AvgIpc) is 2.45. The van der Waals surface area contributed by atoms with Crippen molar-refractivity contribution in [2.45, 2.75) is 39.5 Å². The van der Waals surface area contributed by atoms with Gasteiger partial charge in [0.25, 0.3) is 5.91 Å². The SMILES string of the molecule is CCC1(CNC(=O)c2ccc(C#CCO)c(C)c2)CCC1. The van der Waals surface area contributed by atoms with Crippen molar-refractivity contribution >= 4 is 5.91 Å². The fraction of sp³-hybridized carbons (Fsp3) is 0.500. The number of carbonyl (C=O) groups is 1. The van der Waals surface area contributed by atoms with Gasteiger partial charge in [-0.3, -0.25) is 4.79 Å².